The van der Waals surface area contributed by atoms with Crippen LogP contribution in [0.5, 0.6) is 0 Å². The Kier molecular flexibility index (Phi) is 3.78. The lowest BCUT2D eigenvalue weighted by Crippen LogP contribution is -2.18. The summed E-state index contributed by atoms with van der Waals surface area (Å²) in [5.74, 6) is 0.547. The topological polar surface area (TPSA) is 69.8 Å². The molecule has 5 nitrogen and oxygen atoms in total. The smallest absolute Gasteiger partial charge is 0.224 e. The SMILES string of the molecule is O=C(CC1CCNC1)Nc1cccc(-c2ccn[nH]2)c1. The quantitative estimate of drug-likeness (QED) is 0.796. The highest BCUT2D eigenvalue weighted by molar-refractivity contribution is 5.91. The maximum absolute atomic E-state index is 12.0. The monoisotopic (exact) mass is 270 g/mol. The third-order valence-corrected chi connectivity index (χ3v) is 3.59. The van der Waals surface area contributed by atoms with E-state index in [2.05, 4.69) is 20.8 Å². The number of benzene rings is 1. The van der Waals surface area contributed by atoms with E-state index in [-0.39, 0.29) is 5.91 Å². The van der Waals surface area contributed by atoms with E-state index in [1.165, 1.54) is 0 Å². The molecule has 5 heteroatoms. The van der Waals surface area contributed by atoms with Gasteiger partial charge in [0.25, 0.3) is 0 Å². The number of hydrogen-bond donors (Lipinski definition) is 3. The third-order valence-electron chi connectivity index (χ3n) is 3.59. The molecular formula is C15H18N4O. The highest BCUT2D eigenvalue weighted by atomic mass is 16.1. The summed E-state index contributed by atoms with van der Waals surface area (Å²) in [5.41, 5.74) is 2.79. The van der Waals surface area contributed by atoms with Crippen LogP contribution in [-0.4, -0.2) is 29.2 Å². The number of hydrogen-bond acceptors (Lipinski definition) is 3. The number of nitrogens with zero attached hydrogens (tertiary/aromatic N) is 1. The van der Waals surface area contributed by atoms with E-state index in [0.717, 1.165) is 36.5 Å². The molecular weight excluding hydrogens is 252 g/mol. The zero-order chi connectivity index (χ0) is 13.8. The standard InChI is InChI=1S/C15H18N4O/c20-15(8-11-4-6-16-10-11)18-13-3-1-2-12(9-13)14-5-7-17-19-14/h1-3,5,7,9,11,16H,4,6,8,10H2,(H,17,19)(H,18,20). The van der Waals surface area contributed by atoms with Crippen molar-refractivity contribution in [2.75, 3.05) is 18.4 Å². The van der Waals surface area contributed by atoms with Gasteiger partial charge in [-0.3, -0.25) is 9.89 Å². The number of aromatic nitrogens is 2. The van der Waals surface area contributed by atoms with Crippen molar-refractivity contribution in [1.29, 1.82) is 0 Å². The second kappa shape index (κ2) is 5.88. The van der Waals surface area contributed by atoms with Gasteiger partial charge in [-0.05, 0) is 43.6 Å². The summed E-state index contributed by atoms with van der Waals surface area (Å²) >= 11 is 0. The first-order valence-electron chi connectivity index (χ1n) is 6.91. The van der Waals surface area contributed by atoms with Crippen LogP contribution in [0.15, 0.2) is 36.5 Å². The summed E-state index contributed by atoms with van der Waals surface area (Å²) in [6.07, 6.45) is 3.39. The van der Waals surface area contributed by atoms with E-state index in [4.69, 9.17) is 0 Å². The summed E-state index contributed by atoms with van der Waals surface area (Å²) < 4.78 is 0. The highest BCUT2D eigenvalue weighted by Crippen LogP contribution is 2.21. The first kappa shape index (κ1) is 12.9. The Bertz CT molecular complexity index is 573. The maximum Gasteiger partial charge on any atom is 0.224 e. The van der Waals surface area contributed by atoms with E-state index in [0.29, 0.717) is 12.3 Å². The molecule has 2 aromatic rings. The van der Waals surface area contributed by atoms with Crippen molar-refractivity contribution in [3.63, 3.8) is 0 Å². The van der Waals surface area contributed by atoms with Gasteiger partial charge in [-0.1, -0.05) is 12.1 Å². The van der Waals surface area contributed by atoms with E-state index in [1.54, 1.807) is 6.20 Å². The minimum absolute atomic E-state index is 0.0838. The Morgan fingerprint density at radius 1 is 1.40 bits per heavy atom. The third kappa shape index (κ3) is 3.05. The molecule has 104 valence electrons. The molecule has 1 aliphatic heterocycles. The number of carbonyl (C=O) groups excluding carboxylic acids is 1. The summed E-state index contributed by atoms with van der Waals surface area (Å²) in [6.45, 7) is 1.97. The Labute approximate surface area is 117 Å². The van der Waals surface area contributed by atoms with Gasteiger partial charge in [0.1, 0.15) is 0 Å². The number of nitrogens with one attached hydrogen (secondary N) is 3. The van der Waals surface area contributed by atoms with Crippen molar-refractivity contribution in [3.05, 3.63) is 36.5 Å². The second-order valence-electron chi connectivity index (χ2n) is 5.16. The normalized spacial score (nSPS) is 18.1. The number of anilines is 1. The fourth-order valence-corrected chi connectivity index (χ4v) is 2.54. The largest absolute Gasteiger partial charge is 0.326 e. The molecule has 3 rings (SSSR count). The molecule has 0 saturated carbocycles. The van der Waals surface area contributed by atoms with Gasteiger partial charge in [0.15, 0.2) is 0 Å². The molecule has 1 aliphatic rings. The Morgan fingerprint density at radius 2 is 2.35 bits per heavy atom. The van der Waals surface area contributed by atoms with Gasteiger partial charge >= 0.3 is 0 Å². The molecule has 1 fully saturated rings. The maximum atomic E-state index is 12.0. The first-order chi connectivity index (χ1) is 9.81. The Hall–Kier alpha value is -2.14. The van der Waals surface area contributed by atoms with E-state index < -0.39 is 0 Å². The zero-order valence-corrected chi connectivity index (χ0v) is 11.2. The lowest BCUT2D eigenvalue weighted by Gasteiger charge is -2.10. The predicted molar refractivity (Wildman–Crippen MR) is 78.2 cm³/mol. The number of aromatic amines is 1. The molecule has 20 heavy (non-hydrogen) atoms. The summed E-state index contributed by atoms with van der Waals surface area (Å²) in [6, 6.07) is 9.70. The molecule has 1 aromatic heterocycles. The number of rotatable bonds is 4. The van der Waals surface area contributed by atoms with Crippen LogP contribution >= 0.6 is 0 Å². The molecule has 0 bridgehead atoms. The van der Waals surface area contributed by atoms with Crippen LogP contribution in [0, 0.1) is 5.92 Å². The van der Waals surface area contributed by atoms with Crippen molar-refractivity contribution in [1.82, 2.24) is 15.5 Å². The Balaban J connectivity index is 1.65. The van der Waals surface area contributed by atoms with E-state index in [1.807, 2.05) is 30.3 Å². The fraction of sp³-hybridized carbons (Fsp3) is 0.333. The highest BCUT2D eigenvalue weighted by Gasteiger charge is 2.18. The lowest BCUT2D eigenvalue weighted by molar-refractivity contribution is -0.116. The summed E-state index contributed by atoms with van der Waals surface area (Å²) in [7, 11) is 0. The van der Waals surface area contributed by atoms with Gasteiger partial charge in [-0.15, -0.1) is 0 Å². The van der Waals surface area contributed by atoms with Gasteiger partial charge in [-0.2, -0.15) is 5.10 Å². The van der Waals surface area contributed by atoms with Crippen LogP contribution in [0.25, 0.3) is 11.3 Å². The molecule has 3 N–H and O–H groups in total. The zero-order valence-electron chi connectivity index (χ0n) is 11.2. The van der Waals surface area contributed by atoms with Gasteiger partial charge < -0.3 is 10.6 Å². The molecule has 2 heterocycles. The molecule has 1 unspecified atom stereocenters. The summed E-state index contributed by atoms with van der Waals surface area (Å²) in [5, 5.41) is 13.1. The van der Waals surface area contributed by atoms with E-state index in [9.17, 15) is 4.79 Å². The predicted octanol–water partition coefficient (Wildman–Crippen LogP) is 2.01. The number of amides is 1. The Morgan fingerprint density at radius 3 is 3.10 bits per heavy atom. The van der Waals surface area contributed by atoms with Crippen LogP contribution in [0.3, 0.4) is 0 Å². The van der Waals surface area contributed by atoms with Crippen LogP contribution in [0.4, 0.5) is 5.69 Å². The molecule has 1 aromatic carbocycles. The number of H-pyrrole nitrogens is 1. The number of carbonyl (C=O) groups is 1. The second-order valence-corrected chi connectivity index (χ2v) is 5.16. The van der Waals surface area contributed by atoms with Crippen LogP contribution in [0.2, 0.25) is 0 Å². The van der Waals surface area contributed by atoms with E-state index >= 15 is 0 Å². The van der Waals surface area contributed by atoms with Crippen molar-refractivity contribution in [3.8, 4) is 11.3 Å². The van der Waals surface area contributed by atoms with Crippen molar-refractivity contribution >= 4 is 11.6 Å². The van der Waals surface area contributed by atoms with Crippen molar-refractivity contribution in [2.24, 2.45) is 5.92 Å². The molecule has 0 radical (unpaired) electrons. The van der Waals surface area contributed by atoms with Gasteiger partial charge in [-0.25, -0.2) is 0 Å². The first-order valence-corrected chi connectivity index (χ1v) is 6.91. The molecule has 1 saturated heterocycles. The molecule has 0 spiro atoms. The summed E-state index contributed by atoms with van der Waals surface area (Å²) in [4.78, 5) is 12.0. The minimum Gasteiger partial charge on any atom is -0.326 e. The van der Waals surface area contributed by atoms with Gasteiger partial charge in [0.05, 0.1) is 5.69 Å². The average molecular weight is 270 g/mol. The van der Waals surface area contributed by atoms with Crippen molar-refractivity contribution in [2.45, 2.75) is 12.8 Å². The van der Waals surface area contributed by atoms with Crippen LogP contribution in [0.1, 0.15) is 12.8 Å². The van der Waals surface area contributed by atoms with Gasteiger partial charge in [0.2, 0.25) is 5.91 Å². The van der Waals surface area contributed by atoms with Gasteiger partial charge in [0, 0.05) is 23.9 Å². The molecule has 1 amide bonds. The molecule has 1 atom stereocenters. The van der Waals surface area contributed by atoms with Crippen LogP contribution in [-0.2, 0) is 4.79 Å². The average Bonchev–Trinajstić information content (AvgIpc) is 3.11. The fourth-order valence-electron chi connectivity index (χ4n) is 2.54. The lowest BCUT2D eigenvalue weighted by atomic mass is 10.0. The van der Waals surface area contributed by atoms with Crippen LogP contribution < -0.4 is 10.6 Å². The minimum atomic E-state index is 0.0838. The van der Waals surface area contributed by atoms with Crippen molar-refractivity contribution < 1.29 is 4.79 Å². The molecule has 0 aliphatic carbocycles.